The van der Waals surface area contributed by atoms with Gasteiger partial charge in [0.25, 0.3) is 0 Å². The van der Waals surface area contributed by atoms with Gasteiger partial charge in [-0.3, -0.25) is 0 Å². The normalized spacial score (nSPS) is 13.6. The maximum absolute atomic E-state index is 11.7. The van der Waals surface area contributed by atoms with Crippen molar-refractivity contribution in [1.82, 2.24) is 0 Å². The van der Waals surface area contributed by atoms with Crippen LogP contribution in [0.4, 0.5) is 30.0 Å². The molecule has 0 aliphatic heterocycles. The third-order valence-electron chi connectivity index (χ3n) is 3.25. The first-order chi connectivity index (χ1) is 13.2. The molecule has 0 aliphatic carbocycles. The number of hydrogen-bond donors (Lipinski definition) is 0. The third-order valence-corrected chi connectivity index (χ3v) is 5.59. The zero-order valence-electron chi connectivity index (χ0n) is 15.7. The Kier molecular flexibility index (Phi) is 8.01. The number of benzene rings is 2. The van der Waals surface area contributed by atoms with E-state index in [9.17, 15) is 30.0 Å². The third kappa shape index (κ3) is 13.8. The van der Waals surface area contributed by atoms with E-state index in [1.807, 2.05) is 54.6 Å². The molecule has 0 fully saturated rings. The molecule has 0 atom stereocenters. The Morgan fingerprint density at radius 3 is 1.79 bits per heavy atom. The molecule has 0 spiro atoms. The molecule has 0 aliphatic rings. The maximum atomic E-state index is 11.7. The molecule has 0 N–H and O–H groups in total. The van der Waals surface area contributed by atoms with Crippen LogP contribution in [0, 0.1) is 0 Å². The average Bonchev–Trinajstić information content (AvgIpc) is 2.61. The first-order valence-electron chi connectivity index (χ1n) is 8.40. The van der Waals surface area contributed by atoms with Crippen LogP contribution < -0.4 is 4.74 Å². The molecule has 0 heterocycles. The molecule has 0 unspecified atom stereocenters. The quantitative estimate of drug-likeness (QED) is 0.144. The molecule has 29 heavy (non-hydrogen) atoms. The first kappa shape index (κ1) is 25.1. The average molecular weight is 462 g/mol. The van der Waals surface area contributed by atoms with Crippen molar-refractivity contribution in [3.05, 3.63) is 60.2 Å². The summed E-state index contributed by atoms with van der Waals surface area (Å²) in [5, 5.41) is 0. The monoisotopic (exact) mass is 462 g/mol. The van der Waals surface area contributed by atoms with Crippen molar-refractivity contribution in [2.45, 2.75) is 25.3 Å². The van der Waals surface area contributed by atoms with Crippen LogP contribution in [0.25, 0.3) is 0 Å². The van der Waals surface area contributed by atoms with Crippen molar-refractivity contribution < 1.29 is 39.4 Å². The summed E-state index contributed by atoms with van der Waals surface area (Å²) in [7, 11) is -10.4. The number of carbonyl (C=O) groups excluding carboxylic acids is 1. The van der Waals surface area contributed by atoms with Gasteiger partial charge in [-0.1, -0.05) is 30.3 Å². The molecule has 0 aromatic heterocycles. The molecule has 0 saturated heterocycles. The fourth-order valence-corrected chi connectivity index (χ4v) is 3.68. The Hall–Kier alpha value is -1.93. The van der Waals surface area contributed by atoms with Gasteiger partial charge in [0.1, 0.15) is 23.9 Å². The van der Waals surface area contributed by atoms with E-state index < -0.39 is 14.0 Å². The van der Waals surface area contributed by atoms with E-state index in [1.54, 1.807) is 0 Å². The summed E-state index contributed by atoms with van der Waals surface area (Å²) >= 11 is 0. The van der Waals surface area contributed by atoms with Crippen molar-refractivity contribution in [3.63, 3.8) is 0 Å². The standard InChI is InChI=1S/C18H21O3S.F6P/c1-3-22(4-2)17-12-10-16(11-13-17)21-18(19)20-14-15-8-6-5-7-9-15;1-7(2,3,4,5)6/h5-13H,3-4,14H2,1-2H3;/q+1;-1. The van der Waals surface area contributed by atoms with Crippen molar-refractivity contribution in [1.29, 1.82) is 0 Å². The summed E-state index contributed by atoms with van der Waals surface area (Å²) in [6.07, 6.45) is -0.679. The van der Waals surface area contributed by atoms with Gasteiger partial charge in [0.05, 0.1) is 0 Å². The molecule has 164 valence electrons. The Morgan fingerprint density at radius 1 is 0.862 bits per heavy atom. The van der Waals surface area contributed by atoms with Crippen LogP contribution in [0.3, 0.4) is 0 Å². The summed E-state index contributed by atoms with van der Waals surface area (Å²) in [6, 6.07) is 17.2. The second-order valence-electron chi connectivity index (χ2n) is 5.63. The van der Waals surface area contributed by atoms with Crippen LogP contribution in [0.15, 0.2) is 59.5 Å². The molecule has 2 aromatic rings. The Labute approximate surface area is 167 Å². The molecule has 2 rings (SSSR count). The van der Waals surface area contributed by atoms with Crippen LogP contribution in [0.1, 0.15) is 19.4 Å². The molecule has 2 aromatic carbocycles. The van der Waals surface area contributed by atoms with Crippen molar-refractivity contribution >= 4 is 24.9 Å². The van der Waals surface area contributed by atoms with Gasteiger partial charge in [0.2, 0.25) is 0 Å². The van der Waals surface area contributed by atoms with E-state index in [0.29, 0.717) is 5.75 Å². The first-order valence-corrected chi connectivity index (χ1v) is 12.0. The Morgan fingerprint density at radius 2 is 1.34 bits per heavy atom. The Bertz CT molecular complexity index is 768. The van der Waals surface area contributed by atoms with Gasteiger partial charge in [-0.25, -0.2) is 4.79 Å². The van der Waals surface area contributed by atoms with Gasteiger partial charge in [0, 0.05) is 10.9 Å². The molecule has 0 radical (unpaired) electrons. The van der Waals surface area contributed by atoms with Gasteiger partial charge in [0.15, 0.2) is 4.90 Å². The zero-order valence-corrected chi connectivity index (χ0v) is 17.4. The van der Waals surface area contributed by atoms with Crippen LogP contribution in [0.5, 0.6) is 5.75 Å². The summed E-state index contributed by atoms with van der Waals surface area (Å²) in [6.45, 7) is 4.60. The van der Waals surface area contributed by atoms with E-state index in [0.717, 1.165) is 17.1 Å². The van der Waals surface area contributed by atoms with Crippen molar-refractivity contribution in [2.24, 2.45) is 0 Å². The molecule has 3 nitrogen and oxygen atoms in total. The number of carbonyl (C=O) groups is 1. The Balaban J connectivity index is 0.000000516. The minimum absolute atomic E-state index is 0.215. The van der Waals surface area contributed by atoms with E-state index in [2.05, 4.69) is 13.8 Å². The SMILES string of the molecule is CC[S+](CC)c1ccc(OC(=O)OCc2ccccc2)cc1.F[P-](F)(F)(F)(F)F. The molecule has 11 heteroatoms. The summed E-state index contributed by atoms with van der Waals surface area (Å²) in [4.78, 5) is 13.0. The number of ether oxygens (including phenoxy) is 2. The summed E-state index contributed by atoms with van der Waals surface area (Å²) in [5.41, 5.74) is 0.935. The van der Waals surface area contributed by atoms with Crippen LogP contribution in [-0.2, 0) is 22.2 Å². The molecule has 0 saturated carbocycles. The zero-order chi connectivity index (χ0) is 22.2. The fraction of sp³-hybridized carbons (Fsp3) is 0.278. The van der Waals surface area contributed by atoms with Gasteiger partial charge < -0.3 is 9.47 Å². The summed E-state index contributed by atoms with van der Waals surface area (Å²) in [5.74, 6) is 2.78. The number of rotatable bonds is 6. The van der Waals surface area contributed by atoms with Gasteiger partial charge in [-0.2, -0.15) is 0 Å². The topological polar surface area (TPSA) is 35.5 Å². The van der Waals surface area contributed by atoms with E-state index in [1.165, 1.54) is 4.90 Å². The van der Waals surface area contributed by atoms with Gasteiger partial charge >= 0.3 is 39.1 Å². The van der Waals surface area contributed by atoms with Crippen molar-refractivity contribution in [3.8, 4) is 5.75 Å². The fourth-order valence-electron chi connectivity index (χ4n) is 2.08. The molecular weight excluding hydrogens is 441 g/mol. The second kappa shape index (κ2) is 9.26. The van der Waals surface area contributed by atoms with Crippen LogP contribution >= 0.6 is 7.81 Å². The van der Waals surface area contributed by atoms with Crippen LogP contribution in [-0.4, -0.2) is 17.7 Å². The number of halogens is 6. The van der Waals surface area contributed by atoms with E-state index in [-0.39, 0.29) is 17.5 Å². The molecular formula is C18H21F6O3PS. The predicted octanol–water partition coefficient (Wildman–Crippen LogP) is 7.80. The summed E-state index contributed by atoms with van der Waals surface area (Å²) < 4.78 is 69.5. The number of hydrogen-bond acceptors (Lipinski definition) is 3. The predicted molar refractivity (Wildman–Crippen MR) is 104 cm³/mol. The van der Waals surface area contributed by atoms with Gasteiger partial charge in [-0.15, -0.1) is 0 Å². The van der Waals surface area contributed by atoms with E-state index >= 15 is 0 Å². The second-order valence-corrected chi connectivity index (χ2v) is 10.2. The molecule has 0 amide bonds. The van der Waals surface area contributed by atoms with Gasteiger partial charge in [-0.05, 0) is 43.7 Å². The molecule has 0 bridgehead atoms. The van der Waals surface area contributed by atoms with Crippen LogP contribution in [0.2, 0.25) is 0 Å². The van der Waals surface area contributed by atoms with E-state index in [4.69, 9.17) is 9.47 Å². The minimum atomic E-state index is -10.7. The van der Waals surface area contributed by atoms with Crippen molar-refractivity contribution in [2.75, 3.05) is 11.5 Å².